The fourth-order valence-electron chi connectivity index (χ4n) is 4.36. The first kappa shape index (κ1) is 18.7. The molecule has 2 aliphatic heterocycles. The van der Waals surface area contributed by atoms with Crippen LogP contribution in [-0.4, -0.2) is 67.2 Å². The minimum absolute atomic E-state index is 0.0568. The van der Waals surface area contributed by atoms with Crippen LogP contribution >= 0.6 is 0 Å². The van der Waals surface area contributed by atoms with Gasteiger partial charge in [-0.15, -0.1) is 0 Å². The lowest BCUT2D eigenvalue weighted by Gasteiger charge is -2.26. The number of carbonyl (C=O) groups is 1. The summed E-state index contributed by atoms with van der Waals surface area (Å²) < 4.78 is 28.7. The van der Waals surface area contributed by atoms with Crippen molar-refractivity contribution in [1.29, 1.82) is 0 Å². The fourth-order valence-corrected chi connectivity index (χ4v) is 6.08. The smallest absolute Gasteiger partial charge is 0.317 e. The summed E-state index contributed by atoms with van der Waals surface area (Å²) >= 11 is 0. The van der Waals surface area contributed by atoms with Crippen LogP contribution in [0.3, 0.4) is 0 Å². The van der Waals surface area contributed by atoms with E-state index in [1.807, 2.05) is 12.1 Å². The van der Waals surface area contributed by atoms with Crippen LogP contribution in [0.4, 0.5) is 4.79 Å². The lowest BCUT2D eigenvalue weighted by atomic mass is 10.1. The van der Waals surface area contributed by atoms with Gasteiger partial charge in [-0.1, -0.05) is 24.3 Å². The Bertz CT molecular complexity index is 792. The predicted molar refractivity (Wildman–Crippen MR) is 104 cm³/mol. The van der Waals surface area contributed by atoms with Gasteiger partial charge in [0.1, 0.15) is 0 Å². The molecule has 4 rings (SSSR count). The zero-order chi connectivity index (χ0) is 18.9. The van der Waals surface area contributed by atoms with Crippen LogP contribution in [0.2, 0.25) is 0 Å². The average molecular weight is 393 g/mol. The number of fused-ring (bicyclic) bond motifs is 1. The van der Waals surface area contributed by atoms with Gasteiger partial charge in [0, 0.05) is 39.3 Å². The molecule has 1 atom stereocenters. The Morgan fingerprint density at radius 3 is 2.44 bits per heavy atom. The van der Waals surface area contributed by atoms with E-state index >= 15 is 0 Å². The van der Waals surface area contributed by atoms with Crippen molar-refractivity contribution < 1.29 is 13.2 Å². The summed E-state index contributed by atoms with van der Waals surface area (Å²) in [5.74, 6) is 0. The van der Waals surface area contributed by atoms with E-state index in [0.29, 0.717) is 45.7 Å². The van der Waals surface area contributed by atoms with E-state index in [9.17, 15) is 13.2 Å². The quantitative estimate of drug-likeness (QED) is 0.851. The molecule has 0 saturated carbocycles. The van der Waals surface area contributed by atoms with Crippen molar-refractivity contribution in [2.45, 2.75) is 38.1 Å². The molecule has 3 aliphatic rings. The monoisotopic (exact) mass is 392 g/mol. The maximum Gasteiger partial charge on any atom is 0.317 e. The Kier molecular flexibility index (Phi) is 5.39. The number of urea groups is 1. The molecule has 1 aromatic rings. The number of aryl methyl sites for hydroxylation is 1. The Morgan fingerprint density at radius 2 is 1.63 bits per heavy atom. The maximum absolute atomic E-state index is 12.8. The normalized spacial score (nSPS) is 24.6. The Hall–Kier alpha value is -1.64. The lowest BCUT2D eigenvalue weighted by Crippen LogP contribution is -2.46. The molecule has 148 valence electrons. The van der Waals surface area contributed by atoms with Gasteiger partial charge in [-0.05, 0) is 43.2 Å². The zero-order valence-corrected chi connectivity index (χ0v) is 16.5. The number of nitrogens with zero attached hydrogens (tertiary/aromatic N) is 3. The molecule has 7 nitrogen and oxygen atoms in total. The molecule has 0 spiro atoms. The van der Waals surface area contributed by atoms with Crippen molar-refractivity contribution in [2.75, 3.05) is 39.3 Å². The van der Waals surface area contributed by atoms with Crippen LogP contribution in [0.1, 0.15) is 42.9 Å². The largest absolute Gasteiger partial charge is 0.331 e. The lowest BCUT2D eigenvalue weighted by molar-refractivity contribution is 0.196. The second-order valence-electron chi connectivity index (χ2n) is 7.59. The molecule has 0 radical (unpaired) electrons. The Morgan fingerprint density at radius 1 is 0.926 bits per heavy atom. The number of rotatable bonds is 3. The molecular formula is C19H28N4O3S. The van der Waals surface area contributed by atoms with Gasteiger partial charge in [-0.25, -0.2) is 4.79 Å². The molecule has 1 aromatic carbocycles. The van der Waals surface area contributed by atoms with Gasteiger partial charge in [-0.2, -0.15) is 17.0 Å². The zero-order valence-electron chi connectivity index (χ0n) is 15.6. The molecule has 8 heteroatoms. The van der Waals surface area contributed by atoms with E-state index in [1.54, 1.807) is 13.5 Å². The molecule has 0 aromatic heterocycles. The molecular weight excluding hydrogens is 364 g/mol. The number of hydrogen-bond donors (Lipinski definition) is 1. The summed E-state index contributed by atoms with van der Waals surface area (Å²) in [6.45, 7) is 3.11. The average Bonchev–Trinajstić information content (AvgIpc) is 3.27. The number of amides is 2. The van der Waals surface area contributed by atoms with Crippen molar-refractivity contribution in [2.24, 2.45) is 0 Å². The Labute approximate surface area is 161 Å². The third kappa shape index (κ3) is 3.83. The van der Waals surface area contributed by atoms with Gasteiger partial charge in [0.25, 0.3) is 10.2 Å². The number of carbonyl (C=O) groups excluding carboxylic acids is 1. The number of hydrogen-bond acceptors (Lipinski definition) is 3. The highest BCUT2D eigenvalue weighted by molar-refractivity contribution is 7.86. The summed E-state index contributed by atoms with van der Waals surface area (Å²) in [5, 5.41) is 3.15. The second-order valence-corrected chi connectivity index (χ2v) is 9.52. The molecule has 2 amide bonds. The number of nitrogens with one attached hydrogen (secondary N) is 1. The van der Waals surface area contributed by atoms with Gasteiger partial charge in [0.05, 0.1) is 6.04 Å². The van der Waals surface area contributed by atoms with Crippen molar-refractivity contribution in [3.8, 4) is 0 Å². The van der Waals surface area contributed by atoms with Crippen molar-refractivity contribution >= 4 is 16.2 Å². The molecule has 2 fully saturated rings. The maximum atomic E-state index is 12.8. The molecule has 1 unspecified atom stereocenters. The first-order valence-corrected chi connectivity index (χ1v) is 11.3. The van der Waals surface area contributed by atoms with Gasteiger partial charge in [0.2, 0.25) is 0 Å². The standard InChI is InChI=1S/C19H28N4O3S/c24-19(20-18-9-8-16-6-1-2-7-17(16)18)21-10-5-13-23(15-14-21)27(25,26)22-11-3-4-12-22/h1-2,6-7,18H,3-5,8-15H2,(H,20,24). The second kappa shape index (κ2) is 7.77. The van der Waals surface area contributed by atoms with E-state index in [2.05, 4.69) is 17.4 Å². The summed E-state index contributed by atoms with van der Waals surface area (Å²) in [6, 6.07) is 8.22. The molecule has 2 heterocycles. The summed E-state index contributed by atoms with van der Waals surface area (Å²) in [6.07, 6.45) is 4.45. The van der Waals surface area contributed by atoms with Crippen LogP contribution in [0.15, 0.2) is 24.3 Å². The molecule has 0 bridgehead atoms. The molecule has 2 saturated heterocycles. The van der Waals surface area contributed by atoms with Crippen LogP contribution in [-0.2, 0) is 16.6 Å². The van der Waals surface area contributed by atoms with Crippen LogP contribution in [0.25, 0.3) is 0 Å². The molecule has 1 aliphatic carbocycles. The molecule has 1 N–H and O–H groups in total. The van der Waals surface area contributed by atoms with Crippen molar-refractivity contribution in [1.82, 2.24) is 18.8 Å². The van der Waals surface area contributed by atoms with E-state index in [-0.39, 0.29) is 12.1 Å². The third-order valence-electron chi connectivity index (χ3n) is 5.89. The minimum Gasteiger partial charge on any atom is -0.331 e. The highest BCUT2D eigenvalue weighted by Crippen LogP contribution is 2.30. The first-order valence-electron chi connectivity index (χ1n) is 9.94. The van der Waals surface area contributed by atoms with E-state index in [0.717, 1.165) is 25.7 Å². The topological polar surface area (TPSA) is 73.0 Å². The summed E-state index contributed by atoms with van der Waals surface area (Å²) in [7, 11) is -3.39. The van der Waals surface area contributed by atoms with Gasteiger partial charge >= 0.3 is 6.03 Å². The van der Waals surface area contributed by atoms with Gasteiger partial charge in [-0.3, -0.25) is 0 Å². The van der Waals surface area contributed by atoms with E-state index in [1.165, 1.54) is 11.1 Å². The van der Waals surface area contributed by atoms with Crippen LogP contribution in [0.5, 0.6) is 0 Å². The first-order chi connectivity index (χ1) is 13.1. The van der Waals surface area contributed by atoms with Crippen molar-refractivity contribution in [3.05, 3.63) is 35.4 Å². The van der Waals surface area contributed by atoms with Crippen LogP contribution in [0, 0.1) is 0 Å². The summed E-state index contributed by atoms with van der Waals surface area (Å²) in [5.41, 5.74) is 2.51. The predicted octanol–water partition coefficient (Wildman–Crippen LogP) is 1.73. The fraction of sp³-hybridized carbons (Fsp3) is 0.632. The minimum atomic E-state index is -3.39. The Balaban J connectivity index is 1.36. The van der Waals surface area contributed by atoms with Gasteiger partial charge < -0.3 is 10.2 Å². The molecule has 27 heavy (non-hydrogen) atoms. The van der Waals surface area contributed by atoms with Crippen LogP contribution < -0.4 is 5.32 Å². The highest BCUT2D eigenvalue weighted by atomic mass is 32.2. The number of benzene rings is 1. The van der Waals surface area contributed by atoms with E-state index in [4.69, 9.17) is 0 Å². The summed E-state index contributed by atoms with van der Waals surface area (Å²) in [4.78, 5) is 14.5. The SMILES string of the molecule is O=C(NC1CCc2ccccc21)N1CCCN(S(=O)(=O)N2CCCC2)CC1. The third-order valence-corrected chi connectivity index (χ3v) is 7.93. The van der Waals surface area contributed by atoms with E-state index < -0.39 is 10.2 Å². The van der Waals surface area contributed by atoms with Gasteiger partial charge in [0.15, 0.2) is 0 Å². The highest BCUT2D eigenvalue weighted by Gasteiger charge is 2.34. The van der Waals surface area contributed by atoms with Crippen molar-refractivity contribution in [3.63, 3.8) is 0 Å².